The zero-order valence-corrected chi connectivity index (χ0v) is 25.0. The summed E-state index contributed by atoms with van der Waals surface area (Å²) in [5.41, 5.74) is 13.2. The van der Waals surface area contributed by atoms with Crippen molar-refractivity contribution in [3.05, 3.63) is 149 Å². The number of aryl methyl sites for hydroxylation is 1. The van der Waals surface area contributed by atoms with Crippen LogP contribution in [0.3, 0.4) is 0 Å². The Morgan fingerprint density at radius 3 is 2.53 bits per heavy atom. The minimum atomic E-state index is 0.0530. The van der Waals surface area contributed by atoms with Crippen LogP contribution in [0.4, 0.5) is 11.4 Å². The van der Waals surface area contributed by atoms with Gasteiger partial charge in [-0.25, -0.2) is 0 Å². The fourth-order valence-electron chi connectivity index (χ4n) is 7.25. The molecular formula is C40H41N3. The summed E-state index contributed by atoms with van der Waals surface area (Å²) in [6.45, 7) is 7.05. The van der Waals surface area contributed by atoms with Gasteiger partial charge in [-0.2, -0.15) is 0 Å². The summed E-state index contributed by atoms with van der Waals surface area (Å²) >= 11 is 0. The van der Waals surface area contributed by atoms with E-state index < -0.39 is 0 Å². The van der Waals surface area contributed by atoms with Crippen LogP contribution in [-0.4, -0.2) is 6.54 Å². The van der Waals surface area contributed by atoms with E-state index in [4.69, 9.17) is 0 Å². The van der Waals surface area contributed by atoms with Crippen LogP contribution < -0.4 is 16.0 Å². The van der Waals surface area contributed by atoms with E-state index in [0.29, 0.717) is 11.8 Å². The highest BCUT2D eigenvalue weighted by Crippen LogP contribution is 2.44. The standard InChI is InChI=1S/C40H41N3/c1-3-4-10-28-11-7-15-34(27(28)2)29-20-24-33(25-21-29)40-42-37-17-6-5-14-36(37)39(43-40)32-22-18-30(19-23-32)35-16-8-12-31-13-9-26-41-38(31)35/h3,5-9,11-18,20-22,24-25,30,32,39-43H,1,4,10,19,23,26H2,2H3. The summed E-state index contributed by atoms with van der Waals surface area (Å²) in [6, 6.07) is 31.6. The van der Waals surface area contributed by atoms with Gasteiger partial charge >= 0.3 is 0 Å². The quantitative estimate of drug-likeness (QED) is 0.196. The highest BCUT2D eigenvalue weighted by atomic mass is 15.2. The first-order chi connectivity index (χ1) is 21.2. The number of hydrogen-bond acceptors (Lipinski definition) is 3. The number of anilines is 2. The van der Waals surface area contributed by atoms with Gasteiger partial charge in [-0.3, -0.25) is 5.32 Å². The van der Waals surface area contributed by atoms with Crippen LogP contribution in [0, 0.1) is 12.8 Å². The molecule has 4 aromatic carbocycles. The van der Waals surface area contributed by atoms with Gasteiger partial charge in [0.2, 0.25) is 0 Å². The number of fused-ring (bicyclic) bond motifs is 2. The number of para-hydroxylation sites is 2. The topological polar surface area (TPSA) is 36.1 Å². The third-order valence-electron chi connectivity index (χ3n) is 9.61. The van der Waals surface area contributed by atoms with E-state index in [2.05, 4.69) is 139 Å². The van der Waals surface area contributed by atoms with E-state index in [1.807, 2.05) is 6.08 Å². The summed E-state index contributed by atoms with van der Waals surface area (Å²) < 4.78 is 0. The Morgan fingerprint density at radius 1 is 0.860 bits per heavy atom. The normalized spacial score (nSPS) is 22.2. The van der Waals surface area contributed by atoms with Crippen molar-refractivity contribution in [2.45, 2.75) is 50.7 Å². The summed E-state index contributed by atoms with van der Waals surface area (Å²) in [5, 5.41) is 11.4. The maximum atomic E-state index is 4.01. The van der Waals surface area contributed by atoms with Gasteiger partial charge in [0.15, 0.2) is 0 Å². The van der Waals surface area contributed by atoms with Crippen molar-refractivity contribution < 1.29 is 0 Å². The molecule has 0 fully saturated rings. The van der Waals surface area contributed by atoms with Crippen molar-refractivity contribution in [3.63, 3.8) is 0 Å². The molecule has 4 aromatic rings. The third-order valence-corrected chi connectivity index (χ3v) is 9.61. The lowest BCUT2D eigenvalue weighted by atomic mass is 9.78. The van der Waals surface area contributed by atoms with Crippen LogP contribution in [0.1, 0.15) is 70.8 Å². The Morgan fingerprint density at radius 2 is 1.70 bits per heavy atom. The highest BCUT2D eigenvalue weighted by Gasteiger charge is 2.33. The molecule has 43 heavy (non-hydrogen) atoms. The smallest absolute Gasteiger partial charge is 0.104 e. The van der Waals surface area contributed by atoms with Crippen LogP contribution >= 0.6 is 0 Å². The van der Waals surface area contributed by atoms with Crippen molar-refractivity contribution in [2.24, 2.45) is 5.92 Å². The average Bonchev–Trinajstić information content (AvgIpc) is 3.07. The van der Waals surface area contributed by atoms with E-state index in [1.165, 1.54) is 55.9 Å². The Labute approximate surface area is 256 Å². The van der Waals surface area contributed by atoms with Crippen LogP contribution in [-0.2, 0) is 6.42 Å². The van der Waals surface area contributed by atoms with Crippen LogP contribution in [0.25, 0.3) is 17.2 Å². The highest BCUT2D eigenvalue weighted by molar-refractivity contribution is 5.74. The maximum absolute atomic E-state index is 4.01. The molecule has 3 nitrogen and oxygen atoms in total. The number of benzene rings is 4. The minimum absolute atomic E-state index is 0.0530. The van der Waals surface area contributed by atoms with E-state index in [0.717, 1.165) is 32.2 Å². The van der Waals surface area contributed by atoms with E-state index in [9.17, 15) is 0 Å². The second-order valence-electron chi connectivity index (χ2n) is 12.2. The second-order valence-corrected chi connectivity index (χ2v) is 12.2. The van der Waals surface area contributed by atoms with Gasteiger partial charge < -0.3 is 10.6 Å². The van der Waals surface area contributed by atoms with Crippen molar-refractivity contribution >= 4 is 17.5 Å². The predicted octanol–water partition coefficient (Wildman–Crippen LogP) is 9.72. The monoisotopic (exact) mass is 563 g/mol. The molecule has 0 bridgehead atoms. The summed E-state index contributed by atoms with van der Waals surface area (Å²) in [4.78, 5) is 0. The summed E-state index contributed by atoms with van der Waals surface area (Å²) in [5.74, 6) is 0.888. The molecule has 7 rings (SSSR count). The molecule has 0 saturated carbocycles. The van der Waals surface area contributed by atoms with E-state index in [-0.39, 0.29) is 12.2 Å². The zero-order valence-electron chi connectivity index (χ0n) is 25.0. The fraction of sp³-hybridized carbons (Fsp3) is 0.250. The molecule has 0 saturated heterocycles. The second kappa shape index (κ2) is 12.1. The first-order valence-electron chi connectivity index (χ1n) is 15.8. The van der Waals surface area contributed by atoms with Crippen molar-refractivity contribution in [1.29, 1.82) is 0 Å². The molecule has 3 aliphatic rings. The minimum Gasteiger partial charge on any atom is -0.381 e. The molecule has 216 valence electrons. The van der Waals surface area contributed by atoms with Gasteiger partial charge in [0, 0.05) is 29.9 Å². The molecule has 2 aliphatic heterocycles. The lowest BCUT2D eigenvalue weighted by molar-refractivity contribution is 0.340. The molecule has 1 aliphatic carbocycles. The average molecular weight is 564 g/mol. The Hall–Kier alpha value is -4.34. The number of hydrogen-bond donors (Lipinski definition) is 3. The molecule has 4 atom stereocenters. The number of nitrogens with one attached hydrogen (secondary N) is 3. The predicted molar refractivity (Wildman–Crippen MR) is 182 cm³/mol. The summed E-state index contributed by atoms with van der Waals surface area (Å²) in [7, 11) is 0. The van der Waals surface area contributed by atoms with E-state index >= 15 is 0 Å². The van der Waals surface area contributed by atoms with Gasteiger partial charge in [-0.15, -0.1) is 6.58 Å². The Bertz CT molecular complexity index is 1680. The molecule has 0 amide bonds. The van der Waals surface area contributed by atoms with Gasteiger partial charge in [0.05, 0.1) is 0 Å². The van der Waals surface area contributed by atoms with Crippen molar-refractivity contribution in [1.82, 2.24) is 5.32 Å². The lowest BCUT2D eigenvalue weighted by Crippen LogP contribution is -2.40. The van der Waals surface area contributed by atoms with Gasteiger partial charge in [0.1, 0.15) is 6.17 Å². The van der Waals surface area contributed by atoms with Gasteiger partial charge in [-0.05, 0) is 89.1 Å². The SMILES string of the molecule is C=CCCc1cccc(-c2ccc(C3Nc4ccccc4C(C4C=CC(c5cccc6c5NCC=C6)CC4)N3)cc2)c1C. The Balaban J connectivity index is 1.12. The first kappa shape index (κ1) is 27.5. The molecule has 0 radical (unpaired) electrons. The van der Waals surface area contributed by atoms with Gasteiger partial charge in [-0.1, -0.05) is 109 Å². The largest absolute Gasteiger partial charge is 0.381 e. The first-order valence-corrected chi connectivity index (χ1v) is 15.8. The maximum Gasteiger partial charge on any atom is 0.104 e. The zero-order chi connectivity index (χ0) is 29.2. The van der Waals surface area contributed by atoms with Gasteiger partial charge in [0.25, 0.3) is 0 Å². The van der Waals surface area contributed by atoms with E-state index in [1.54, 1.807) is 0 Å². The molecule has 4 unspecified atom stereocenters. The summed E-state index contributed by atoms with van der Waals surface area (Å²) in [6.07, 6.45) is 15.8. The molecule has 2 heterocycles. The molecule has 0 spiro atoms. The molecular weight excluding hydrogens is 522 g/mol. The molecule has 3 N–H and O–H groups in total. The van der Waals surface area contributed by atoms with Crippen LogP contribution in [0.15, 0.2) is 116 Å². The van der Waals surface area contributed by atoms with Crippen molar-refractivity contribution in [3.8, 4) is 11.1 Å². The third kappa shape index (κ3) is 5.46. The fourth-order valence-corrected chi connectivity index (χ4v) is 7.25. The lowest BCUT2D eigenvalue weighted by Gasteiger charge is -2.40. The molecule has 0 aromatic heterocycles. The number of allylic oxidation sites excluding steroid dienone is 2. The van der Waals surface area contributed by atoms with Crippen LogP contribution in [0.2, 0.25) is 0 Å². The molecule has 3 heteroatoms. The number of rotatable bonds is 7. The Kier molecular flexibility index (Phi) is 7.74. The van der Waals surface area contributed by atoms with Crippen LogP contribution in [0.5, 0.6) is 0 Å². The van der Waals surface area contributed by atoms with Crippen molar-refractivity contribution in [2.75, 3.05) is 17.2 Å².